The van der Waals surface area contributed by atoms with Gasteiger partial charge in [0.2, 0.25) is 12.3 Å². The van der Waals surface area contributed by atoms with Gasteiger partial charge in [-0.1, -0.05) is 0 Å². The SMILES string of the molecule is CC(=O)N1CCOC(F)C1. The van der Waals surface area contributed by atoms with E-state index < -0.39 is 6.36 Å². The maximum atomic E-state index is 12.4. The molecule has 0 aromatic heterocycles. The molecule has 0 aliphatic carbocycles. The first-order chi connectivity index (χ1) is 4.70. The molecule has 0 N–H and O–H groups in total. The molecule has 10 heavy (non-hydrogen) atoms. The molecule has 1 fully saturated rings. The van der Waals surface area contributed by atoms with Crippen molar-refractivity contribution in [2.24, 2.45) is 0 Å². The van der Waals surface area contributed by atoms with Gasteiger partial charge in [-0.05, 0) is 0 Å². The van der Waals surface area contributed by atoms with Gasteiger partial charge in [0.1, 0.15) is 0 Å². The number of halogens is 1. The maximum Gasteiger partial charge on any atom is 0.219 e. The molecule has 0 radical (unpaired) electrons. The smallest absolute Gasteiger partial charge is 0.219 e. The molecule has 0 bridgehead atoms. The summed E-state index contributed by atoms with van der Waals surface area (Å²) in [5.74, 6) is -0.0917. The monoisotopic (exact) mass is 147 g/mol. The van der Waals surface area contributed by atoms with Gasteiger partial charge in [-0.3, -0.25) is 4.79 Å². The summed E-state index contributed by atoms with van der Waals surface area (Å²) in [6.07, 6.45) is -1.29. The number of alkyl halides is 1. The number of nitrogens with zero attached hydrogens (tertiary/aromatic N) is 1. The van der Waals surface area contributed by atoms with Crippen molar-refractivity contribution in [2.45, 2.75) is 13.3 Å². The van der Waals surface area contributed by atoms with E-state index in [9.17, 15) is 9.18 Å². The molecule has 4 heteroatoms. The van der Waals surface area contributed by atoms with Crippen LogP contribution >= 0.6 is 0 Å². The molecule has 58 valence electrons. The second-order valence-electron chi connectivity index (χ2n) is 2.25. The Morgan fingerprint density at radius 2 is 2.50 bits per heavy atom. The van der Waals surface area contributed by atoms with Crippen LogP contribution in [0.3, 0.4) is 0 Å². The molecule has 0 spiro atoms. The molecular weight excluding hydrogens is 137 g/mol. The normalized spacial score (nSPS) is 26.6. The van der Waals surface area contributed by atoms with Crippen LogP contribution in [0.5, 0.6) is 0 Å². The second kappa shape index (κ2) is 2.96. The number of morpholine rings is 1. The molecule has 0 aromatic rings. The standard InChI is InChI=1S/C6H10FNO2/c1-5(9)8-2-3-10-6(7)4-8/h6H,2-4H2,1H3. The Morgan fingerprint density at radius 1 is 1.80 bits per heavy atom. The van der Waals surface area contributed by atoms with Crippen molar-refractivity contribution in [3.8, 4) is 0 Å². The van der Waals surface area contributed by atoms with Crippen LogP contribution in [0.15, 0.2) is 0 Å². The Labute approximate surface area is 58.8 Å². The summed E-state index contributed by atoms with van der Waals surface area (Å²) in [6.45, 7) is 2.32. The Morgan fingerprint density at radius 3 is 2.90 bits per heavy atom. The first kappa shape index (κ1) is 7.47. The lowest BCUT2D eigenvalue weighted by molar-refractivity contribution is -0.145. The summed E-state index contributed by atoms with van der Waals surface area (Å²) in [6, 6.07) is 0. The molecule has 1 unspecified atom stereocenters. The van der Waals surface area contributed by atoms with Crippen molar-refractivity contribution in [3.63, 3.8) is 0 Å². The van der Waals surface area contributed by atoms with Gasteiger partial charge in [-0.2, -0.15) is 0 Å². The van der Waals surface area contributed by atoms with Gasteiger partial charge in [0.15, 0.2) is 0 Å². The van der Waals surface area contributed by atoms with Gasteiger partial charge in [-0.25, -0.2) is 4.39 Å². The number of amides is 1. The lowest BCUT2D eigenvalue weighted by Crippen LogP contribution is -2.42. The molecule has 1 aliphatic rings. The minimum atomic E-state index is -1.29. The van der Waals surface area contributed by atoms with Crippen LogP contribution < -0.4 is 0 Å². The van der Waals surface area contributed by atoms with E-state index in [1.54, 1.807) is 0 Å². The molecule has 1 atom stereocenters. The number of carbonyl (C=O) groups is 1. The van der Waals surface area contributed by atoms with Crippen molar-refractivity contribution in [1.29, 1.82) is 0 Å². The molecule has 1 rings (SSSR count). The third kappa shape index (κ3) is 1.67. The summed E-state index contributed by atoms with van der Waals surface area (Å²) < 4.78 is 17.0. The van der Waals surface area contributed by atoms with E-state index in [2.05, 4.69) is 4.74 Å². The molecule has 1 amide bonds. The highest BCUT2D eigenvalue weighted by Crippen LogP contribution is 2.05. The Hall–Kier alpha value is -0.640. The first-order valence-corrected chi connectivity index (χ1v) is 3.21. The third-order valence-electron chi connectivity index (χ3n) is 1.47. The summed E-state index contributed by atoms with van der Waals surface area (Å²) in [4.78, 5) is 12.1. The van der Waals surface area contributed by atoms with E-state index in [0.29, 0.717) is 13.2 Å². The zero-order valence-electron chi connectivity index (χ0n) is 5.84. The van der Waals surface area contributed by atoms with E-state index in [1.165, 1.54) is 11.8 Å². The van der Waals surface area contributed by atoms with Crippen molar-refractivity contribution in [2.75, 3.05) is 19.7 Å². The molecular formula is C6H10FNO2. The van der Waals surface area contributed by atoms with E-state index in [-0.39, 0.29) is 12.5 Å². The Kier molecular flexibility index (Phi) is 2.21. The van der Waals surface area contributed by atoms with Gasteiger partial charge >= 0.3 is 0 Å². The van der Waals surface area contributed by atoms with Crippen molar-refractivity contribution < 1.29 is 13.9 Å². The number of hydrogen-bond donors (Lipinski definition) is 0. The van der Waals surface area contributed by atoms with Crippen LogP contribution in [-0.4, -0.2) is 36.9 Å². The van der Waals surface area contributed by atoms with Crippen LogP contribution in [0.1, 0.15) is 6.92 Å². The van der Waals surface area contributed by atoms with Crippen LogP contribution in [0.25, 0.3) is 0 Å². The average Bonchev–Trinajstić information content (AvgIpc) is 1.88. The zero-order valence-corrected chi connectivity index (χ0v) is 5.84. The molecule has 3 nitrogen and oxygen atoms in total. The quantitative estimate of drug-likeness (QED) is 0.488. The molecule has 1 heterocycles. The minimum absolute atomic E-state index is 0.0787. The summed E-state index contributed by atoms with van der Waals surface area (Å²) >= 11 is 0. The molecule has 1 aliphatic heterocycles. The average molecular weight is 147 g/mol. The van der Waals surface area contributed by atoms with Gasteiger partial charge in [0.05, 0.1) is 13.2 Å². The fourth-order valence-electron chi connectivity index (χ4n) is 0.894. The molecule has 1 saturated heterocycles. The maximum absolute atomic E-state index is 12.4. The summed E-state index contributed by atoms with van der Waals surface area (Å²) in [5.41, 5.74) is 0. The van der Waals surface area contributed by atoms with Crippen LogP contribution in [0.2, 0.25) is 0 Å². The van der Waals surface area contributed by atoms with Gasteiger partial charge in [0, 0.05) is 13.5 Å². The minimum Gasteiger partial charge on any atom is -0.345 e. The zero-order chi connectivity index (χ0) is 7.56. The predicted octanol–water partition coefficient (Wildman–Crippen LogP) is 0.161. The van der Waals surface area contributed by atoms with Crippen LogP contribution in [0.4, 0.5) is 4.39 Å². The summed E-state index contributed by atoms with van der Waals surface area (Å²) in [5, 5.41) is 0. The van der Waals surface area contributed by atoms with E-state index in [1.807, 2.05) is 0 Å². The van der Waals surface area contributed by atoms with Gasteiger partial charge in [-0.15, -0.1) is 0 Å². The highest BCUT2D eigenvalue weighted by atomic mass is 19.1. The Balaban J connectivity index is 2.39. The topological polar surface area (TPSA) is 29.5 Å². The highest BCUT2D eigenvalue weighted by molar-refractivity contribution is 5.73. The van der Waals surface area contributed by atoms with Crippen LogP contribution in [0, 0.1) is 0 Å². The Bertz CT molecular complexity index is 140. The van der Waals surface area contributed by atoms with E-state index in [4.69, 9.17) is 0 Å². The van der Waals surface area contributed by atoms with Gasteiger partial charge < -0.3 is 9.64 Å². The fraction of sp³-hybridized carbons (Fsp3) is 0.833. The lowest BCUT2D eigenvalue weighted by Gasteiger charge is -2.27. The summed E-state index contributed by atoms with van der Waals surface area (Å²) in [7, 11) is 0. The van der Waals surface area contributed by atoms with E-state index >= 15 is 0 Å². The predicted molar refractivity (Wildman–Crippen MR) is 33.1 cm³/mol. The fourth-order valence-corrected chi connectivity index (χ4v) is 0.894. The van der Waals surface area contributed by atoms with Crippen molar-refractivity contribution in [1.82, 2.24) is 4.90 Å². The first-order valence-electron chi connectivity index (χ1n) is 3.21. The highest BCUT2D eigenvalue weighted by Gasteiger charge is 2.20. The van der Waals surface area contributed by atoms with Gasteiger partial charge in [0.25, 0.3) is 0 Å². The van der Waals surface area contributed by atoms with E-state index in [0.717, 1.165) is 0 Å². The third-order valence-corrected chi connectivity index (χ3v) is 1.47. The lowest BCUT2D eigenvalue weighted by atomic mass is 10.4. The number of carbonyl (C=O) groups excluding carboxylic acids is 1. The number of ether oxygens (including phenoxy) is 1. The number of rotatable bonds is 0. The number of hydrogen-bond acceptors (Lipinski definition) is 2. The second-order valence-corrected chi connectivity index (χ2v) is 2.25. The molecule has 0 aromatic carbocycles. The van der Waals surface area contributed by atoms with Crippen molar-refractivity contribution >= 4 is 5.91 Å². The molecule has 0 saturated carbocycles. The largest absolute Gasteiger partial charge is 0.345 e. The van der Waals surface area contributed by atoms with Crippen LogP contribution in [-0.2, 0) is 9.53 Å². The van der Waals surface area contributed by atoms with Crippen molar-refractivity contribution in [3.05, 3.63) is 0 Å².